The minimum Gasteiger partial charge on any atom is -0.394 e. The molecule has 11 heteroatoms. The molecule has 0 amide bonds. The Balaban J connectivity index is 1.77. The molecule has 2 aromatic carbocycles. The zero-order valence-corrected chi connectivity index (χ0v) is 16.5. The normalized spacial score (nSPS) is 12.7. The van der Waals surface area contributed by atoms with Crippen molar-refractivity contribution in [2.45, 2.75) is 13.0 Å². The summed E-state index contributed by atoms with van der Waals surface area (Å²) in [6.07, 6.45) is 1.32. The summed E-state index contributed by atoms with van der Waals surface area (Å²) < 4.78 is 49.6. The topological polar surface area (TPSA) is 98.5 Å². The number of benzene rings is 2. The fourth-order valence-electron chi connectivity index (χ4n) is 3.65. The molecule has 1 atom stereocenters. The van der Waals surface area contributed by atoms with Gasteiger partial charge in [-0.05, 0) is 31.2 Å². The quantitative estimate of drug-likeness (QED) is 0.459. The molecule has 3 heterocycles. The van der Waals surface area contributed by atoms with E-state index in [-0.39, 0.29) is 34.0 Å². The lowest BCUT2D eigenvalue weighted by Gasteiger charge is -2.17. The van der Waals surface area contributed by atoms with Crippen LogP contribution in [0, 0.1) is 17.5 Å². The third-order valence-corrected chi connectivity index (χ3v) is 5.16. The first-order valence-electron chi connectivity index (χ1n) is 9.51. The summed E-state index contributed by atoms with van der Waals surface area (Å²) in [5.74, 6) is -2.62. The minimum absolute atomic E-state index is 0.0117. The summed E-state index contributed by atoms with van der Waals surface area (Å²) in [6.45, 7) is 1.17. The lowest BCUT2D eigenvalue weighted by molar-refractivity contribution is 0.239. The molecule has 0 saturated heterocycles. The van der Waals surface area contributed by atoms with Gasteiger partial charge in [-0.25, -0.2) is 18.2 Å². The smallest absolute Gasteiger partial charge is 0.278 e. The Morgan fingerprint density at radius 2 is 1.94 bits per heavy atom. The van der Waals surface area contributed by atoms with Crippen LogP contribution in [-0.2, 0) is 0 Å². The van der Waals surface area contributed by atoms with Gasteiger partial charge in [0.15, 0.2) is 0 Å². The highest BCUT2D eigenvalue weighted by Gasteiger charge is 2.24. The lowest BCUT2D eigenvalue weighted by atomic mass is 10.2. The van der Waals surface area contributed by atoms with Crippen molar-refractivity contribution in [3.8, 4) is 23.0 Å². The lowest BCUT2D eigenvalue weighted by Crippen LogP contribution is -2.28. The van der Waals surface area contributed by atoms with E-state index >= 15 is 0 Å². The molecule has 5 aromatic rings. The predicted molar refractivity (Wildman–Crippen MR) is 107 cm³/mol. The number of rotatable bonds is 4. The first-order valence-corrected chi connectivity index (χ1v) is 9.51. The van der Waals surface area contributed by atoms with Crippen LogP contribution in [0.25, 0.3) is 39.5 Å². The highest BCUT2D eigenvalue weighted by molar-refractivity contribution is 5.84. The van der Waals surface area contributed by atoms with Crippen LogP contribution in [0.1, 0.15) is 13.0 Å². The van der Waals surface area contributed by atoms with Crippen molar-refractivity contribution >= 4 is 16.6 Å². The summed E-state index contributed by atoms with van der Waals surface area (Å²) in [5, 5.41) is 13.4. The maximum Gasteiger partial charge on any atom is 0.278 e. The maximum absolute atomic E-state index is 14.7. The molecule has 0 bridgehead atoms. The van der Waals surface area contributed by atoms with E-state index in [1.165, 1.54) is 22.9 Å². The second-order valence-electron chi connectivity index (χ2n) is 7.17. The molecule has 3 aromatic heterocycles. The van der Waals surface area contributed by atoms with Crippen LogP contribution in [0.2, 0.25) is 0 Å². The third-order valence-electron chi connectivity index (χ3n) is 5.16. The van der Waals surface area contributed by atoms with E-state index in [2.05, 4.69) is 15.1 Å². The molecule has 0 aliphatic rings. The highest BCUT2D eigenvalue weighted by atomic mass is 19.1. The first-order chi connectivity index (χ1) is 15.4. The molecule has 0 spiro atoms. The number of para-hydroxylation sites is 1. The average molecular weight is 441 g/mol. The van der Waals surface area contributed by atoms with Crippen molar-refractivity contribution in [2.24, 2.45) is 0 Å². The second-order valence-corrected chi connectivity index (χ2v) is 7.17. The number of nitrogens with zero attached hydrogens (tertiary/aromatic N) is 5. The van der Waals surface area contributed by atoms with Crippen molar-refractivity contribution in [3.63, 3.8) is 0 Å². The molecule has 0 fully saturated rings. The zero-order valence-electron chi connectivity index (χ0n) is 16.5. The number of imidazole rings is 1. The molecule has 32 heavy (non-hydrogen) atoms. The largest absolute Gasteiger partial charge is 0.394 e. The van der Waals surface area contributed by atoms with Gasteiger partial charge >= 0.3 is 0 Å². The van der Waals surface area contributed by atoms with Crippen molar-refractivity contribution < 1.29 is 22.8 Å². The van der Waals surface area contributed by atoms with Crippen LogP contribution >= 0.6 is 0 Å². The Kier molecular flexibility index (Phi) is 4.55. The Morgan fingerprint density at radius 1 is 1.12 bits per heavy atom. The number of aliphatic hydroxyl groups is 1. The van der Waals surface area contributed by atoms with Crippen LogP contribution in [0.5, 0.6) is 0 Å². The Labute approximate surface area is 177 Å². The van der Waals surface area contributed by atoms with Crippen LogP contribution in [0.15, 0.2) is 52.0 Å². The van der Waals surface area contributed by atoms with E-state index in [1.54, 1.807) is 13.0 Å². The van der Waals surface area contributed by atoms with Crippen molar-refractivity contribution in [1.29, 1.82) is 0 Å². The van der Waals surface area contributed by atoms with Crippen molar-refractivity contribution in [1.82, 2.24) is 24.1 Å². The monoisotopic (exact) mass is 441 g/mol. The number of halogens is 3. The number of aliphatic hydroxyl groups excluding tert-OH is 1. The van der Waals surface area contributed by atoms with Gasteiger partial charge in [-0.3, -0.25) is 13.8 Å². The first kappa shape index (κ1) is 19.9. The molecule has 8 nitrogen and oxygen atoms in total. The van der Waals surface area contributed by atoms with E-state index in [1.807, 2.05) is 0 Å². The molecule has 0 aliphatic heterocycles. The average Bonchev–Trinajstić information content (AvgIpc) is 3.42. The van der Waals surface area contributed by atoms with E-state index in [9.17, 15) is 23.1 Å². The third kappa shape index (κ3) is 2.89. The van der Waals surface area contributed by atoms with Gasteiger partial charge in [-0.15, -0.1) is 0 Å². The molecule has 1 N–H and O–H groups in total. The summed E-state index contributed by atoms with van der Waals surface area (Å²) in [5.41, 5.74) is -0.346. The van der Waals surface area contributed by atoms with E-state index in [0.29, 0.717) is 11.6 Å². The van der Waals surface area contributed by atoms with Crippen LogP contribution in [-0.4, -0.2) is 35.8 Å². The van der Waals surface area contributed by atoms with Crippen LogP contribution in [0.3, 0.4) is 0 Å². The number of hydrogen-bond acceptors (Lipinski definition) is 6. The fraction of sp³-hybridized carbons (Fsp3) is 0.143. The molecule has 0 aliphatic carbocycles. The minimum atomic E-state index is -0.893. The van der Waals surface area contributed by atoms with E-state index in [4.69, 9.17) is 4.52 Å². The standard InChI is InChI=1S/C21H14F3N5O3/c1-10(8-30)29-17-13(23)3-2-4-15(17)28-9-25-16(18(28)21(29)31)19-26-20(32-27-19)12-6-5-11(22)7-14(12)24/h2-7,9-10,30H,8H2,1H3. The predicted octanol–water partition coefficient (Wildman–Crippen LogP) is 3.34. The molecular formula is C21H14F3N5O3. The highest BCUT2D eigenvalue weighted by Crippen LogP contribution is 2.28. The Hall–Kier alpha value is -3.99. The SMILES string of the molecule is CC(CO)n1c(=O)c2c(-c3noc(-c4ccc(F)cc4F)n3)ncn2c2cccc(F)c21. The Bertz CT molecular complexity index is 1560. The molecule has 162 valence electrons. The molecule has 0 radical (unpaired) electrons. The number of fused-ring (bicyclic) bond motifs is 3. The van der Waals surface area contributed by atoms with Gasteiger partial charge in [0.25, 0.3) is 11.4 Å². The number of hydrogen-bond donors (Lipinski definition) is 1. The van der Waals surface area contributed by atoms with E-state index < -0.39 is 35.7 Å². The van der Waals surface area contributed by atoms with Gasteiger partial charge in [0.2, 0.25) is 5.82 Å². The zero-order chi connectivity index (χ0) is 22.6. The molecule has 0 saturated carbocycles. The Morgan fingerprint density at radius 3 is 2.69 bits per heavy atom. The van der Waals surface area contributed by atoms with Gasteiger partial charge in [-0.2, -0.15) is 4.98 Å². The van der Waals surface area contributed by atoms with Gasteiger partial charge in [0.1, 0.15) is 40.5 Å². The van der Waals surface area contributed by atoms with Gasteiger partial charge in [0.05, 0.1) is 23.7 Å². The van der Waals surface area contributed by atoms with Gasteiger partial charge in [-0.1, -0.05) is 11.2 Å². The summed E-state index contributed by atoms with van der Waals surface area (Å²) in [7, 11) is 0. The molecule has 1 unspecified atom stereocenters. The van der Waals surface area contributed by atoms with Crippen molar-refractivity contribution in [2.75, 3.05) is 6.61 Å². The molecule has 5 rings (SSSR count). The molecular weight excluding hydrogens is 427 g/mol. The summed E-state index contributed by atoms with van der Waals surface area (Å²) in [6, 6.07) is 6.45. The van der Waals surface area contributed by atoms with Gasteiger partial charge < -0.3 is 9.63 Å². The van der Waals surface area contributed by atoms with E-state index in [0.717, 1.165) is 16.7 Å². The maximum atomic E-state index is 14.7. The van der Waals surface area contributed by atoms with Crippen LogP contribution < -0.4 is 5.56 Å². The summed E-state index contributed by atoms with van der Waals surface area (Å²) in [4.78, 5) is 21.7. The van der Waals surface area contributed by atoms with Crippen LogP contribution in [0.4, 0.5) is 13.2 Å². The number of aromatic nitrogens is 5. The fourth-order valence-corrected chi connectivity index (χ4v) is 3.65. The second kappa shape index (κ2) is 7.31. The van der Waals surface area contributed by atoms with Crippen molar-refractivity contribution in [3.05, 3.63) is 70.5 Å². The summed E-state index contributed by atoms with van der Waals surface area (Å²) >= 11 is 0. The van der Waals surface area contributed by atoms with Gasteiger partial charge in [0, 0.05) is 6.07 Å².